The van der Waals surface area contributed by atoms with Crippen molar-refractivity contribution < 1.29 is 5.11 Å². The number of rotatable bonds is 6. The minimum atomic E-state index is 0.0152. The lowest BCUT2D eigenvalue weighted by atomic mass is 9.76. The highest BCUT2D eigenvalue weighted by Gasteiger charge is 2.49. The van der Waals surface area contributed by atoms with Crippen molar-refractivity contribution >= 4 is 0 Å². The van der Waals surface area contributed by atoms with Crippen molar-refractivity contribution in [2.75, 3.05) is 26.2 Å². The normalized spacial score (nSPS) is 32.4. The topological polar surface area (TPSA) is 35.5 Å². The van der Waals surface area contributed by atoms with Crippen LogP contribution in [0.2, 0.25) is 0 Å². The van der Waals surface area contributed by atoms with Crippen molar-refractivity contribution in [3.05, 3.63) is 0 Å². The highest BCUT2D eigenvalue weighted by molar-refractivity contribution is 5.06. The number of nitrogens with zero attached hydrogens (tertiary/aromatic N) is 1. The Hall–Kier alpha value is -0.120. The van der Waals surface area contributed by atoms with Crippen LogP contribution in [0, 0.1) is 11.3 Å². The Labute approximate surface area is 129 Å². The molecule has 1 atom stereocenters. The Morgan fingerprint density at radius 1 is 1.00 bits per heavy atom. The summed E-state index contributed by atoms with van der Waals surface area (Å²) in [6, 6.07) is 0.698. The first-order chi connectivity index (χ1) is 10.2. The zero-order valence-electron chi connectivity index (χ0n) is 13.4. The lowest BCUT2D eigenvalue weighted by molar-refractivity contribution is 0.0484. The molecule has 4 fully saturated rings. The summed E-state index contributed by atoms with van der Waals surface area (Å²) >= 11 is 0. The van der Waals surface area contributed by atoms with Crippen LogP contribution >= 0.6 is 0 Å². The molecule has 3 saturated carbocycles. The molecule has 0 aromatic rings. The Kier molecular flexibility index (Phi) is 3.79. The quantitative estimate of drug-likeness (QED) is 0.790. The first-order valence-electron chi connectivity index (χ1n) is 9.35. The van der Waals surface area contributed by atoms with E-state index in [0.29, 0.717) is 18.1 Å². The third-order valence-electron chi connectivity index (χ3n) is 6.80. The highest BCUT2D eigenvalue weighted by atomic mass is 16.3. The van der Waals surface area contributed by atoms with E-state index in [-0.39, 0.29) is 5.54 Å². The van der Waals surface area contributed by atoms with Gasteiger partial charge in [0.2, 0.25) is 0 Å². The molecule has 4 aliphatic rings. The fraction of sp³-hybridized carbons (Fsp3) is 1.00. The van der Waals surface area contributed by atoms with Crippen LogP contribution in [-0.4, -0.2) is 47.8 Å². The molecular formula is C18H32N2O. The number of aliphatic hydroxyl groups is 1. The summed E-state index contributed by atoms with van der Waals surface area (Å²) in [7, 11) is 0. The average Bonchev–Trinajstić information content (AvgIpc) is 3.42. The van der Waals surface area contributed by atoms with Gasteiger partial charge >= 0.3 is 0 Å². The predicted octanol–water partition coefficient (Wildman–Crippen LogP) is 2.54. The van der Waals surface area contributed by atoms with Gasteiger partial charge in [0.05, 0.1) is 12.1 Å². The Morgan fingerprint density at radius 2 is 1.67 bits per heavy atom. The lowest BCUT2D eigenvalue weighted by Crippen LogP contribution is -2.60. The Morgan fingerprint density at radius 3 is 2.19 bits per heavy atom. The fourth-order valence-corrected chi connectivity index (χ4v) is 5.00. The van der Waals surface area contributed by atoms with Gasteiger partial charge in [-0.3, -0.25) is 0 Å². The molecule has 1 saturated heterocycles. The van der Waals surface area contributed by atoms with Gasteiger partial charge in [-0.2, -0.15) is 0 Å². The van der Waals surface area contributed by atoms with Gasteiger partial charge in [-0.1, -0.05) is 12.8 Å². The summed E-state index contributed by atoms with van der Waals surface area (Å²) in [5, 5.41) is 13.9. The SMILES string of the molecule is OCC(CN1CCC2(CCCC2)CC1)(NC1CC1)C1CC1. The van der Waals surface area contributed by atoms with Crippen LogP contribution in [0.5, 0.6) is 0 Å². The summed E-state index contributed by atoms with van der Waals surface area (Å²) < 4.78 is 0. The van der Waals surface area contributed by atoms with E-state index in [2.05, 4.69) is 10.2 Å². The monoisotopic (exact) mass is 292 g/mol. The van der Waals surface area contributed by atoms with Crippen LogP contribution in [0.25, 0.3) is 0 Å². The predicted molar refractivity (Wildman–Crippen MR) is 85.3 cm³/mol. The van der Waals surface area contributed by atoms with E-state index in [1.807, 2.05) is 0 Å². The molecule has 1 heterocycles. The standard InChI is InChI=1S/C18H32N2O/c21-14-18(15-3-4-15,19-16-5-6-16)13-20-11-9-17(10-12-20)7-1-2-8-17/h15-16,19,21H,1-14H2. The smallest absolute Gasteiger partial charge is 0.0628 e. The molecule has 0 aromatic carbocycles. The van der Waals surface area contributed by atoms with Crippen LogP contribution in [0.15, 0.2) is 0 Å². The van der Waals surface area contributed by atoms with E-state index in [9.17, 15) is 5.11 Å². The second kappa shape index (κ2) is 5.50. The van der Waals surface area contributed by atoms with Gasteiger partial charge in [-0.05, 0) is 75.8 Å². The van der Waals surface area contributed by atoms with Crippen LogP contribution in [0.3, 0.4) is 0 Å². The number of hydrogen-bond acceptors (Lipinski definition) is 3. The third kappa shape index (κ3) is 3.02. The van der Waals surface area contributed by atoms with Gasteiger partial charge in [-0.15, -0.1) is 0 Å². The van der Waals surface area contributed by atoms with Gasteiger partial charge in [0.1, 0.15) is 0 Å². The van der Waals surface area contributed by atoms with Crippen molar-refractivity contribution in [2.24, 2.45) is 11.3 Å². The molecule has 3 heteroatoms. The average molecular weight is 292 g/mol. The summed E-state index contributed by atoms with van der Waals surface area (Å²) in [4.78, 5) is 2.66. The molecule has 2 N–H and O–H groups in total. The summed E-state index contributed by atoms with van der Waals surface area (Å²) in [6.07, 6.45) is 14.0. The number of aliphatic hydroxyl groups excluding tert-OH is 1. The Balaban J connectivity index is 1.37. The van der Waals surface area contributed by atoms with Crippen LogP contribution in [-0.2, 0) is 0 Å². The molecule has 0 bridgehead atoms. The minimum absolute atomic E-state index is 0.0152. The molecule has 1 aliphatic heterocycles. The highest BCUT2D eigenvalue weighted by Crippen LogP contribution is 2.47. The second-order valence-electron chi connectivity index (χ2n) is 8.49. The molecule has 0 aromatic heterocycles. The molecule has 0 amide bonds. The third-order valence-corrected chi connectivity index (χ3v) is 6.80. The number of hydrogen-bond donors (Lipinski definition) is 2. The van der Waals surface area contributed by atoms with Gasteiger partial charge in [0.25, 0.3) is 0 Å². The first-order valence-corrected chi connectivity index (χ1v) is 9.35. The molecule has 3 nitrogen and oxygen atoms in total. The summed E-state index contributed by atoms with van der Waals surface area (Å²) in [5.41, 5.74) is 0.725. The molecule has 21 heavy (non-hydrogen) atoms. The lowest BCUT2D eigenvalue weighted by Gasteiger charge is -2.44. The van der Waals surface area contributed by atoms with E-state index in [1.165, 1.54) is 77.3 Å². The first kappa shape index (κ1) is 14.5. The number of likely N-dealkylation sites (tertiary alicyclic amines) is 1. The fourth-order valence-electron chi connectivity index (χ4n) is 5.00. The van der Waals surface area contributed by atoms with E-state index < -0.39 is 0 Å². The van der Waals surface area contributed by atoms with E-state index >= 15 is 0 Å². The Bertz CT molecular complexity index is 361. The van der Waals surface area contributed by atoms with Gasteiger partial charge in [-0.25, -0.2) is 0 Å². The van der Waals surface area contributed by atoms with Crippen LogP contribution in [0.1, 0.15) is 64.2 Å². The van der Waals surface area contributed by atoms with Crippen molar-refractivity contribution in [3.8, 4) is 0 Å². The van der Waals surface area contributed by atoms with Crippen molar-refractivity contribution in [3.63, 3.8) is 0 Å². The largest absolute Gasteiger partial charge is 0.394 e. The molecule has 0 radical (unpaired) electrons. The van der Waals surface area contributed by atoms with Crippen LogP contribution in [0.4, 0.5) is 0 Å². The van der Waals surface area contributed by atoms with Gasteiger partial charge < -0.3 is 15.3 Å². The molecule has 3 aliphatic carbocycles. The maximum atomic E-state index is 10.1. The van der Waals surface area contributed by atoms with Crippen LogP contribution < -0.4 is 5.32 Å². The zero-order valence-corrected chi connectivity index (χ0v) is 13.4. The van der Waals surface area contributed by atoms with Gasteiger partial charge in [0.15, 0.2) is 0 Å². The maximum absolute atomic E-state index is 10.1. The summed E-state index contributed by atoms with van der Waals surface area (Å²) in [5.74, 6) is 0.727. The minimum Gasteiger partial charge on any atom is -0.394 e. The molecule has 1 unspecified atom stereocenters. The van der Waals surface area contributed by atoms with E-state index in [0.717, 1.165) is 12.5 Å². The maximum Gasteiger partial charge on any atom is 0.0628 e. The van der Waals surface area contributed by atoms with Crippen molar-refractivity contribution in [1.82, 2.24) is 10.2 Å². The molecule has 120 valence electrons. The van der Waals surface area contributed by atoms with Crippen molar-refractivity contribution in [2.45, 2.75) is 75.8 Å². The number of nitrogens with one attached hydrogen (secondary N) is 1. The van der Waals surface area contributed by atoms with Crippen molar-refractivity contribution in [1.29, 1.82) is 0 Å². The second-order valence-corrected chi connectivity index (χ2v) is 8.49. The summed E-state index contributed by atoms with van der Waals surface area (Å²) in [6.45, 7) is 3.94. The number of piperidine rings is 1. The molecule has 1 spiro atoms. The zero-order chi connectivity index (χ0) is 14.3. The van der Waals surface area contributed by atoms with E-state index in [4.69, 9.17) is 0 Å². The molecule has 4 rings (SSSR count). The van der Waals surface area contributed by atoms with Gasteiger partial charge in [0, 0.05) is 12.6 Å². The molecular weight excluding hydrogens is 260 g/mol. The van der Waals surface area contributed by atoms with E-state index in [1.54, 1.807) is 0 Å².